The number of esters is 1. The number of ether oxygens (including phenoxy) is 1. The van der Waals surface area contributed by atoms with Gasteiger partial charge in [-0.25, -0.2) is 13.6 Å². The Kier molecular flexibility index (Phi) is 4.40. The molecule has 0 saturated heterocycles. The van der Waals surface area contributed by atoms with Crippen LogP contribution in [-0.4, -0.2) is 19.1 Å². The summed E-state index contributed by atoms with van der Waals surface area (Å²) in [7, 11) is 1.23. The Morgan fingerprint density at radius 3 is 2.17 bits per heavy atom. The van der Waals surface area contributed by atoms with E-state index in [0.29, 0.717) is 0 Å². The highest BCUT2D eigenvalue weighted by Gasteiger charge is 2.37. The lowest BCUT2D eigenvalue weighted by molar-refractivity contribution is -0.148. The molecule has 1 aromatic rings. The van der Waals surface area contributed by atoms with Gasteiger partial charge in [0, 0.05) is 12.1 Å². The van der Waals surface area contributed by atoms with Gasteiger partial charge in [-0.15, -0.1) is 0 Å². The number of nitrogens with one attached hydrogen (secondary N) is 1. The van der Waals surface area contributed by atoms with Gasteiger partial charge in [0.05, 0.1) is 7.11 Å². The quantitative estimate of drug-likeness (QED) is 0.841. The van der Waals surface area contributed by atoms with Gasteiger partial charge >= 0.3 is 5.97 Å². The van der Waals surface area contributed by atoms with E-state index in [2.05, 4.69) is 5.32 Å². The number of carbonyl (C=O) groups excluding carboxylic acids is 1. The number of rotatable bonds is 4. The molecule has 0 heterocycles. The van der Waals surface area contributed by atoms with Crippen molar-refractivity contribution in [2.24, 2.45) is 0 Å². The molecule has 1 unspecified atom stereocenters. The molecule has 0 aliphatic heterocycles. The van der Waals surface area contributed by atoms with Crippen LogP contribution in [0.3, 0.4) is 0 Å². The number of carbonyl (C=O) groups is 1. The average Bonchev–Trinajstić information content (AvgIpc) is 2.25. The van der Waals surface area contributed by atoms with Crippen molar-refractivity contribution in [3.8, 4) is 0 Å². The van der Waals surface area contributed by atoms with Crippen LogP contribution in [0.15, 0.2) is 18.2 Å². The molecule has 3 nitrogen and oxygen atoms in total. The fourth-order valence-electron chi connectivity index (χ4n) is 1.88. The number of benzene rings is 1. The molecule has 0 saturated carbocycles. The molecule has 0 amide bonds. The van der Waals surface area contributed by atoms with Gasteiger partial charge in [-0.2, -0.15) is 0 Å². The van der Waals surface area contributed by atoms with Crippen LogP contribution in [0.5, 0.6) is 0 Å². The number of methoxy groups -OCH3 is 1. The van der Waals surface area contributed by atoms with Crippen molar-refractivity contribution in [2.75, 3.05) is 7.11 Å². The fourth-order valence-corrected chi connectivity index (χ4v) is 1.88. The molecular formula is C13H17F2NO2. The van der Waals surface area contributed by atoms with Gasteiger partial charge in [-0.05, 0) is 38.5 Å². The van der Waals surface area contributed by atoms with Gasteiger partial charge in [0.1, 0.15) is 17.2 Å². The summed E-state index contributed by atoms with van der Waals surface area (Å²) in [5.41, 5.74) is -1.09. The van der Waals surface area contributed by atoms with E-state index in [4.69, 9.17) is 4.74 Å². The lowest BCUT2D eigenvalue weighted by Crippen LogP contribution is -2.50. The first kappa shape index (κ1) is 14.6. The number of hydrogen-bond donors (Lipinski definition) is 1. The van der Waals surface area contributed by atoms with E-state index in [1.807, 2.05) is 13.8 Å². The van der Waals surface area contributed by atoms with Crippen LogP contribution < -0.4 is 5.32 Å². The van der Waals surface area contributed by atoms with Crippen molar-refractivity contribution in [3.63, 3.8) is 0 Å². The molecule has 0 fully saturated rings. The summed E-state index contributed by atoms with van der Waals surface area (Å²) in [6.45, 7) is 5.20. The van der Waals surface area contributed by atoms with Crippen molar-refractivity contribution >= 4 is 5.97 Å². The van der Waals surface area contributed by atoms with Crippen LogP contribution >= 0.6 is 0 Å². The second kappa shape index (κ2) is 5.44. The van der Waals surface area contributed by atoms with E-state index in [-0.39, 0.29) is 11.6 Å². The predicted octanol–water partition coefficient (Wildman–Crippen LogP) is 2.35. The molecule has 0 bridgehead atoms. The van der Waals surface area contributed by atoms with Crippen LogP contribution in [-0.2, 0) is 15.1 Å². The summed E-state index contributed by atoms with van der Waals surface area (Å²) >= 11 is 0. The van der Waals surface area contributed by atoms with Crippen molar-refractivity contribution in [2.45, 2.75) is 32.4 Å². The SMILES string of the molecule is COC(=O)C(C)(NC(C)C)c1cc(F)cc(F)c1. The van der Waals surface area contributed by atoms with Crippen LogP contribution in [0.1, 0.15) is 26.3 Å². The highest BCUT2D eigenvalue weighted by molar-refractivity contribution is 5.82. The Hall–Kier alpha value is -1.49. The van der Waals surface area contributed by atoms with Crippen LogP contribution in [0, 0.1) is 11.6 Å². The van der Waals surface area contributed by atoms with Gasteiger partial charge in [0.2, 0.25) is 0 Å². The zero-order valence-electron chi connectivity index (χ0n) is 10.9. The van der Waals surface area contributed by atoms with Gasteiger partial charge < -0.3 is 4.74 Å². The molecular weight excluding hydrogens is 240 g/mol. The van der Waals surface area contributed by atoms with Gasteiger partial charge in [-0.1, -0.05) is 0 Å². The van der Waals surface area contributed by atoms with Crippen molar-refractivity contribution < 1.29 is 18.3 Å². The molecule has 18 heavy (non-hydrogen) atoms. The maximum absolute atomic E-state index is 13.2. The summed E-state index contributed by atoms with van der Waals surface area (Å²) in [5, 5.41) is 2.97. The molecule has 0 aliphatic rings. The number of halogens is 2. The Bertz CT molecular complexity index is 428. The minimum Gasteiger partial charge on any atom is -0.467 e. The third-order valence-electron chi connectivity index (χ3n) is 2.61. The minimum absolute atomic E-state index is 0.0552. The molecule has 0 aliphatic carbocycles. The topological polar surface area (TPSA) is 38.3 Å². The van der Waals surface area contributed by atoms with Crippen molar-refractivity contribution in [1.82, 2.24) is 5.32 Å². The maximum Gasteiger partial charge on any atom is 0.330 e. The summed E-state index contributed by atoms with van der Waals surface area (Å²) in [5.74, 6) is -2.06. The van der Waals surface area contributed by atoms with E-state index >= 15 is 0 Å². The highest BCUT2D eigenvalue weighted by Crippen LogP contribution is 2.25. The average molecular weight is 257 g/mol. The van der Waals surface area contributed by atoms with Gasteiger partial charge in [-0.3, -0.25) is 5.32 Å². The Morgan fingerprint density at radius 1 is 1.28 bits per heavy atom. The molecule has 1 rings (SSSR count). The molecule has 0 spiro atoms. The first-order valence-corrected chi connectivity index (χ1v) is 5.62. The highest BCUT2D eigenvalue weighted by atomic mass is 19.1. The Balaban J connectivity index is 3.29. The second-order valence-corrected chi connectivity index (χ2v) is 4.57. The van der Waals surface area contributed by atoms with E-state index in [9.17, 15) is 13.6 Å². The third-order valence-corrected chi connectivity index (χ3v) is 2.61. The molecule has 0 aromatic heterocycles. The largest absolute Gasteiger partial charge is 0.467 e. The lowest BCUT2D eigenvalue weighted by Gasteiger charge is -2.30. The van der Waals surface area contributed by atoms with Crippen molar-refractivity contribution in [1.29, 1.82) is 0 Å². The molecule has 1 N–H and O–H groups in total. The van der Waals surface area contributed by atoms with E-state index < -0.39 is 23.1 Å². The molecule has 100 valence electrons. The first-order valence-electron chi connectivity index (χ1n) is 5.62. The molecule has 5 heteroatoms. The summed E-state index contributed by atoms with van der Waals surface area (Å²) < 4.78 is 31.2. The summed E-state index contributed by atoms with van der Waals surface area (Å²) in [6, 6.07) is 2.95. The van der Waals surface area contributed by atoms with Crippen LogP contribution in [0.25, 0.3) is 0 Å². The molecule has 1 aromatic carbocycles. The fraction of sp³-hybridized carbons (Fsp3) is 0.462. The van der Waals surface area contributed by atoms with Crippen molar-refractivity contribution in [3.05, 3.63) is 35.4 Å². The standard InChI is InChI=1S/C13H17F2NO2/c1-8(2)16-13(3,12(17)18-4)9-5-10(14)7-11(15)6-9/h5-8,16H,1-4H3. The predicted molar refractivity (Wildman–Crippen MR) is 64.0 cm³/mol. The summed E-state index contributed by atoms with van der Waals surface area (Å²) in [6.07, 6.45) is 0. The molecule has 1 atom stereocenters. The Labute approximate surface area is 105 Å². The zero-order chi connectivity index (χ0) is 13.9. The van der Waals surface area contributed by atoms with Crippen LogP contribution in [0.2, 0.25) is 0 Å². The first-order chi connectivity index (χ1) is 8.29. The van der Waals surface area contributed by atoms with Gasteiger partial charge in [0.15, 0.2) is 0 Å². The van der Waals surface area contributed by atoms with E-state index in [1.165, 1.54) is 14.0 Å². The monoisotopic (exact) mass is 257 g/mol. The smallest absolute Gasteiger partial charge is 0.330 e. The van der Waals surface area contributed by atoms with Crippen LogP contribution in [0.4, 0.5) is 8.78 Å². The second-order valence-electron chi connectivity index (χ2n) is 4.57. The van der Waals surface area contributed by atoms with E-state index in [0.717, 1.165) is 18.2 Å². The van der Waals surface area contributed by atoms with E-state index in [1.54, 1.807) is 0 Å². The molecule has 0 radical (unpaired) electrons. The van der Waals surface area contributed by atoms with Gasteiger partial charge in [0.25, 0.3) is 0 Å². The summed E-state index contributed by atoms with van der Waals surface area (Å²) in [4.78, 5) is 11.9. The Morgan fingerprint density at radius 2 is 1.78 bits per heavy atom. The third kappa shape index (κ3) is 3.04. The minimum atomic E-state index is -1.29. The zero-order valence-corrected chi connectivity index (χ0v) is 10.9. The number of hydrogen-bond acceptors (Lipinski definition) is 3. The normalized spacial score (nSPS) is 14.4. The lowest BCUT2D eigenvalue weighted by atomic mass is 9.91. The maximum atomic E-state index is 13.2.